The van der Waals surface area contributed by atoms with Crippen LogP contribution in [0.1, 0.15) is 83.5 Å². The van der Waals surface area contributed by atoms with E-state index in [4.69, 9.17) is 0 Å². The first kappa shape index (κ1) is 53.2. The molecule has 2 heterocycles. The van der Waals surface area contributed by atoms with Crippen molar-refractivity contribution in [2.24, 2.45) is 0 Å². The Balaban J connectivity index is 1.28. The van der Waals surface area contributed by atoms with Gasteiger partial charge < -0.3 is 9.13 Å². The van der Waals surface area contributed by atoms with E-state index >= 15 is 0 Å². The fourth-order valence-electron chi connectivity index (χ4n) is 14.0. The summed E-state index contributed by atoms with van der Waals surface area (Å²) in [6, 6.07) is 55.9. The largest absolute Gasteiger partial charge is 0.416 e. The van der Waals surface area contributed by atoms with E-state index in [-0.39, 0.29) is 5.56 Å². The lowest BCUT2D eigenvalue weighted by molar-refractivity contribution is -0.137. The summed E-state index contributed by atoms with van der Waals surface area (Å²) in [6.45, 7) is 25.5. The molecule has 82 heavy (non-hydrogen) atoms. The number of halogens is 3. The molecule has 0 unspecified atom stereocenters. The standard InChI is InChI=1S/C75H61F3N4/c1-40-23-44(5)71(45(6)24-40)52-13-18-60-61-19-14-53(72-46(7)25-41(2)26-47(72)8)33-66(61)81(65(60)32-52)69-36-56(59-22-17-58(75(76,77)78)31-57(59)38-79)37-70(64(69)39-80)82-67-34-54(73-48(9)27-42(3)28-49(73)10)15-20-62(67)63-21-16-55(35-68(63)82)74-50(11)29-43(4)30-51(74)12/h13-37H,1-12H3. The van der Waals surface area contributed by atoms with Gasteiger partial charge in [0.05, 0.1) is 50.6 Å². The van der Waals surface area contributed by atoms with Gasteiger partial charge in [0.15, 0.2) is 0 Å². The van der Waals surface area contributed by atoms with E-state index in [0.29, 0.717) is 28.1 Å². The van der Waals surface area contributed by atoms with Gasteiger partial charge in [-0.15, -0.1) is 0 Å². The van der Waals surface area contributed by atoms with Crippen LogP contribution in [0.2, 0.25) is 0 Å². The van der Waals surface area contributed by atoms with Gasteiger partial charge in [0.1, 0.15) is 11.6 Å². The highest BCUT2D eigenvalue weighted by molar-refractivity contribution is 6.14. The lowest BCUT2D eigenvalue weighted by atomic mass is 9.92. The van der Waals surface area contributed by atoms with Crippen LogP contribution in [-0.4, -0.2) is 9.13 Å². The highest BCUT2D eigenvalue weighted by atomic mass is 19.4. The molecule has 12 aromatic rings. The maximum absolute atomic E-state index is 14.6. The maximum atomic E-state index is 14.6. The van der Waals surface area contributed by atoms with Crippen molar-refractivity contribution in [3.05, 3.63) is 235 Å². The van der Waals surface area contributed by atoms with Crippen LogP contribution in [0.5, 0.6) is 0 Å². The molecule has 7 heteroatoms. The minimum Gasteiger partial charge on any atom is -0.308 e. The van der Waals surface area contributed by atoms with Crippen molar-refractivity contribution >= 4 is 43.6 Å². The topological polar surface area (TPSA) is 57.4 Å². The molecule has 0 fully saturated rings. The number of benzene rings is 10. The summed E-state index contributed by atoms with van der Waals surface area (Å²) in [5.74, 6) is 0. The Morgan fingerprint density at radius 2 is 0.622 bits per heavy atom. The predicted octanol–water partition coefficient (Wildman–Crippen LogP) is 20.7. The zero-order chi connectivity index (χ0) is 58.0. The van der Waals surface area contributed by atoms with Crippen molar-refractivity contribution in [2.45, 2.75) is 89.3 Å². The third kappa shape index (κ3) is 8.75. The smallest absolute Gasteiger partial charge is 0.308 e. The average molecular weight is 1080 g/mol. The Morgan fingerprint density at radius 1 is 0.329 bits per heavy atom. The molecule has 12 rings (SSSR count). The molecule has 402 valence electrons. The molecule has 10 aromatic carbocycles. The Morgan fingerprint density at radius 3 is 0.878 bits per heavy atom. The van der Waals surface area contributed by atoms with E-state index in [9.17, 15) is 23.7 Å². The van der Waals surface area contributed by atoms with Gasteiger partial charge >= 0.3 is 6.18 Å². The van der Waals surface area contributed by atoms with Crippen LogP contribution in [0.15, 0.2) is 152 Å². The molecule has 0 atom stereocenters. The third-order valence-electron chi connectivity index (χ3n) is 16.9. The predicted molar refractivity (Wildman–Crippen MR) is 334 cm³/mol. The fourth-order valence-corrected chi connectivity index (χ4v) is 14.0. The normalized spacial score (nSPS) is 11.8. The maximum Gasteiger partial charge on any atom is 0.416 e. The second-order valence-electron chi connectivity index (χ2n) is 23.1. The SMILES string of the molecule is Cc1cc(C)c(-c2ccc3c4ccc(-c5c(C)cc(C)cc5C)cc4n(-c4cc(-c5ccc(C(F)(F)F)cc5C#N)cc(-n5c6cc(-c7c(C)cc(C)cc7C)ccc6c6ccc(-c7c(C)cc(C)cc7C)cc65)c4C#N)c3c2)c(C)c1. The van der Waals surface area contributed by atoms with E-state index < -0.39 is 11.7 Å². The Bertz CT molecular complexity index is 4250. The van der Waals surface area contributed by atoms with Crippen molar-refractivity contribution in [3.8, 4) is 79.1 Å². The quantitative estimate of drug-likeness (QED) is 0.160. The van der Waals surface area contributed by atoms with Crippen LogP contribution < -0.4 is 0 Å². The molecule has 0 radical (unpaired) electrons. The highest BCUT2D eigenvalue weighted by Gasteiger charge is 2.32. The van der Waals surface area contributed by atoms with Gasteiger partial charge in [-0.25, -0.2) is 0 Å². The number of nitriles is 2. The van der Waals surface area contributed by atoms with Crippen molar-refractivity contribution in [3.63, 3.8) is 0 Å². The van der Waals surface area contributed by atoms with Gasteiger partial charge in [-0.2, -0.15) is 23.7 Å². The molecule has 2 aromatic heterocycles. The molecule has 0 aliphatic rings. The number of rotatable bonds is 7. The molecule has 0 saturated heterocycles. The van der Waals surface area contributed by atoms with Crippen LogP contribution in [-0.2, 0) is 6.18 Å². The summed E-state index contributed by atoms with van der Waals surface area (Å²) < 4.78 is 48.1. The summed E-state index contributed by atoms with van der Waals surface area (Å²) in [7, 11) is 0. The molecule has 0 saturated carbocycles. The second kappa shape index (κ2) is 19.7. The van der Waals surface area contributed by atoms with Crippen molar-refractivity contribution in [1.82, 2.24) is 9.13 Å². The van der Waals surface area contributed by atoms with Crippen LogP contribution >= 0.6 is 0 Å². The first-order valence-corrected chi connectivity index (χ1v) is 27.8. The molecule has 0 aliphatic carbocycles. The summed E-state index contributed by atoms with van der Waals surface area (Å²) in [6.07, 6.45) is -4.69. The Kier molecular flexibility index (Phi) is 12.8. The van der Waals surface area contributed by atoms with Crippen molar-refractivity contribution in [1.29, 1.82) is 10.5 Å². The van der Waals surface area contributed by atoms with Gasteiger partial charge in [-0.1, -0.05) is 125 Å². The molecule has 0 bridgehead atoms. The van der Waals surface area contributed by atoms with E-state index in [1.54, 1.807) is 0 Å². The summed E-state index contributed by atoms with van der Waals surface area (Å²) in [4.78, 5) is 0. The Labute approximate surface area is 477 Å². The summed E-state index contributed by atoms with van der Waals surface area (Å²) in [5.41, 5.74) is 26.7. The zero-order valence-electron chi connectivity index (χ0n) is 48.4. The molecule has 0 spiro atoms. The van der Waals surface area contributed by atoms with Gasteiger partial charge in [-0.05, 0) is 232 Å². The zero-order valence-corrected chi connectivity index (χ0v) is 48.4. The molecule has 4 nitrogen and oxygen atoms in total. The van der Waals surface area contributed by atoms with Crippen molar-refractivity contribution < 1.29 is 13.2 Å². The molecule has 0 aliphatic heterocycles. The molecule has 0 N–H and O–H groups in total. The number of fused-ring (bicyclic) bond motifs is 6. The lowest BCUT2D eigenvalue weighted by Gasteiger charge is -2.20. The van der Waals surface area contributed by atoms with E-state index in [1.807, 2.05) is 12.1 Å². The van der Waals surface area contributed by atoms with E-state index in [2.05, 4.69) is 226 Å². The second-order valence-corrected chi connectivity index (χ2v) is 23.1. The number of hydrogen-bond donors (Lipinski definition) is 0. The molecular weight excluding hydrogens is 1010 g/mol. The Hall–Kier alpha value is -9.43. The van der Waals surface area contributed by atoms with Gasteiger partial charge in [-0.3, -0.25) is 0 Å². The van der Waals surface area contributed by atoms with Gasteiger partial charge in [0, 0.05) is 21.5 Å². The monoisotopic (exact) mass is 1070 g/mol. The average Bonchev–Trinajstić information content (AvgIpc) is 4.15. The number of hydrogen-bond acceptors (Lipinski definition) is 2. The summed E-state index contributed by atoms with van der Waals surface area (Å²) >= 11 is 0. The fraction of sp³-hybridized carbons (Fsp3) is 0.173. The minimum atomic E-state index is -4.69. The number of alkyl halides is 3. The van der Waals surface area contributed by atoms with Crippen LogP contribution in [0.4, 0.5) is 13.2 Å². The third-order valence-corrected chi connectivity index (χ3v) is 16.9. The van der Waals surface area contributed by atoms with E-state index in [1.165, 1.54) is 28.3 Å². The van der Waals surface area contributed by atoms with Gasteiger partial charge in [0.25, 0.3) is 0 Å². The first-order chi connectivity index (χ1) is 39.1. The van der Waals surface area contributed by atoms with Crippen LogP contribution in [0, 0.1) is 106 Å². The first-order valence-electron chi connectivity index (χ1n) is 27.8. The molecule has 0 amide bonds. The van der Waals surface area contributed by atoms with Gasteiger partial charge in [0.2, 0.25) is 0 Å². The van der Waals surface area contributed by atoms with Crippen LogP contribution in [0.3, 0.4) is 0 Å². The number of aromatic nitrogens is 2. The summed E-state index contributed by atoms with van der Waals surface area (Å²) in [5, 5.41) is 27.0. The molecular formula is C75H61F3N4. The number of nitrogens with zero attached hydrogens (tertiary/aromatic N) is 4. The minimum absolute atomic E-state index is 0.138. The van der Waals surface area contributed by atoms with Crippen molar-refractivity contribution in [2.75, 3.05) is 0 Å². The lowest BCUT2D eigenvalue weighted by Crippen LogP contribution is -2.07. The highest BCUT2D eigenvalue weighted by Crippen LogP contribution is 2.46. The van der Waals surface area contributed by atoms with E-state index in [0.717, 1.165) is 145 Å². The van der Waals surface area contributed by atoms with Crippen LogP contribution in [0.25, 0.3) is 111 Å². The number of aryl methyl sites for hydroxylation is 12.